The van der Waals surface area contributed by atoms with E-state index in [0.717, 1.165) is 66.0 Å². The Bertz CT molecular complexity index is 2450. The van der Waals surface area contributed by atoms with E-state index in [9.17, 15) is 18.8 Å². The van der Waals surface area contributed by atoms with Gasteiger partial charge >= 0.3 is 12.6 Å². The molecule has 1 N–H and O–H groups in total. The van der Waals surface area contributed by atoms with Crippen LogP contribution in [0.3, 0.4) is 0 Å². The van der Waals surface area contributed by atoms with Crippen LogP contribution in [0.25, 0.3) is 56.2 Å². The Morgan fingerprint density at radius 1 is 0.981 bits per heavy atom. The molecule has 12 heteroatoms. The van der Waals surface area contributed by atoms with E-state index in [4.69, 9.17) is 28.3 Å². The summed E-state index contributed by atoms with van der Waals surface area (Å²) >= 11 is 0. The number of likely N-dealkylation sites (tertiary alicyclic amines) is 1. The molecule has 4 aromatic carbocycles. The van der Waals surface area contributed by atoms with Crippen molar-refractivity contribution in [3.05, 3.63) is 88.5 Å². The number of oxazole rings is 2. The third-order valence-electron chi connectivity index (χ3n) is 10.3. The predicted octanol–water partition coefficient (Wildman–Crippen LogP) is 8.70. The van der Waals surface area contributed by atoms with Gasteiger partial charge in [0, 0.05) is 42.4 Å². The average Bonchev–Trinajstić information content (AvgIpc) is 3.90. The van der Waals surface area contributed by atoms with Crippen molar-refractivity contribution < 1.29 is 31.9 Å². The highest BCUT2D eigenvalue weighted by Gasteiger charge is 2.34. The molecule has 0 amide bonds. The Balaban J connectivity index is 1.10. The SMILES string of the molecule is Cc1c(-c2nc3cc(COC(=O)[C@@H]4CCCN4)c(OC(F)F)cc3o2)cccc1-c1cccc(-c2nc3cc(CN4CC(C)(C)C4)cc(C#N)c3o2)c1C. The topological polar surface area (TPSA) is 127 Å². The number of hydrogen-bond acceptors (Lipinski definition) is 10. The highest BCUT2D eigenvalue weighted by atomic mass is 19.3. The fourth-order valence-corrected chi connectivity index (χ4v) is 7.80. The molecule has 6 aromatic rings. The number of ether oxygens (including phenoxy) is 2. The largest absolute Gasteiger partial charge is 0.460 e. The van der Waals surface area contributed by atoms with Gasteiger partial charge in [-0.25, -0.2) is 9.97 Å². The Labute approximate surface area is 310 Å². The van der Waals surface area contributed by atoms with Crippen LogP contribution in [0.15, 0.2) is 69.5 Å². The number of alkyl halides is 2. The molecular weight excluding hydrogens is 692 g/mol. The van der Waals surface area contributed by atoms with Gasteiger partial charge in [-0.2, -0.15) is 14.0 Å². The smallest absolute Gasteiger partial charge is 0.387 e. The van der Waals surface area contributed by atoms with Gasteiger partial charge in [-0.15, -0.1) is 0 Å². The second-order valence-electron chi connectivity index (χ2n) is 15.0. The number of fused-ring (bicyclic) bond motifs is 2. The van der Waals surface area contributed by atoms with Crippen LogP contribution in [0, 0.1) is 30.6 Å². The summed E-state index contributed by atoms with van der Waals surface area (Å²) in [5.74, 6) is 0.134. The van der Waals surface area contributed by atoms with Gasteiger partial charge in [-0.3, -0.25) is 9.69 Å². The molecule has 0 saturated carbocycles. The number of nitrogens with zero attached hydrogens (tertiary/aromatic N) is 4. The molecule has 4 heterocycles. The second-order valence-corrected chi connectivity index (χ2v) is 15.0. The number of carbonyl (C=O) groups is 1. The summed E-state index contributed by atoms with van der Waals surface area (Å²) in [6.07, 6.45) is 1.52. The predicted molar refractivity (Wildman–Crippen MR) is 199 cm³/mol. The molecule has 276 valence electrons. The van der Waals surface area contributed by atoms with Gasteiger partial charge in [-0.05, 0) is 96.8 Å². The van der Waals surface area contributed by atoms with E-state index in [-0.39, 0.29) is 23.5 Å². The number of rotatable bonds is 10. The summed E-state index contributed by atoms with van der Waals surface area (Å²) < 4.78 is 49.5. The lowest BCUT2D eigenvalue weighted by Crippen LogP contribution is -2.52. The first-order chi connectivity index (χ1) is 26.0. The van der Waals surface area contributed by atoms with Crippen molar-refractivity contribution in [2.75, 3.05) is 19.6 Å². The zero-order chi connectivity index (χ0) is 37.7. The van der Waals surface area contributed by atoms with Crippen molar-refractivity contribution in [3.63, 3.8) is 0 Å². The van der Waals surface area contributed by atoms with Crippen molar-refractivity contribution >= 4 is 28.2 Å². The molecule has 2 fully saturated rings. The molecule has 2 saturated heterocycles. The number of nitrogens with one attached hydrogen (secondary N) is 1. The molecule has 0 spiro atoms. The zero-order valence-corrected chi connectivity index (χ0v) is 30.5. The third kappa shape index (κ3) is 6.81. The van der Waals surface area contributed by atoms with Crippen molar-refractivity contribution in [3.8, 4) is 45.9 Å². The molecule has 0 radical (unpaired) electrons. The highest BCUT2D eigenvalue weighted by molar-refractivity contribution is 5.86. The lowest BCUT2D eigenvalue weighted by Gasteiger charge is -2.46. The van der Waals surface area contributed by atoms with Crippen LogP contribution in [0.1, 0.15) is 54.5 Å². The van der Waals surface area contributed by atoms with Crippen LogP contribution < -0.4 is 10.1 Å². The molecule has 54 heavy (non-hydrogen) atoms. The van der Waals surface area contributed by atoms with Gasteiger partial charge in [0.15, 0.2) is 11.2 Å². The first kappa shape index (κ1) is 35.4. The standard InChI is InChI=1S/C42H39F2N5O5/c1-23-28(29-9-6-11-31(24(29)2)39-48-34-15-25(14-26(18-45)37(34)54-39)19-49-21-42(3,4)22-49)8-5-10-30(23)38-47-33-16-27(20-51-40(50)32-12-7-13-46-32)35(53-41(43)44)17-36(33)52-38/h5-6,8-11,14-17,32,41,46H,7,12-13,19-22H2,1-4H3/t32-/m0/s1. The third-order valence-corrected chi connectivity index (χ3v) is 10.3. The van der Waals surface area contributed by atoms with Crippen molar-refractivity contribution in [1.82, 2.24) is 20.2 Å². The molecule has 0 aliphatic carbocycles. The van der Waals surface area contributed by atoms with Crippen molar-refractivity contribution in [1.29, 1.82) is 5.26 Å². The van der Waals surface area contributed by atoms with Crippen LogP contribution in [0.4, 0.5) is 8.78 Å². The molecule has 1 atom stereocenters. The van der Waals surface area contributed by atoms with E-state index in [0.29, 0.717) is 51.4 Å². The summed E-state index contributed by atoms with van der Waals surface area (Å²) in [6.45, 7) is 8.63. The van der Waals surface area contributed by atoms with Crippen molar-refractivity contribution in [2.45, 2.75) is 66.3 Å². The Morgan fingerprint density at radius 3 is 2.28 bits per heavy atom. The van der Waals surface area contributed by atoms with Gasteiger partial charge in [0.25, 0.3) is 0 Å². The minimum absolute atomic E-state index is 0.150. The van der Waals surface area contributed by atoms with E-state index < -0.39 is 18.6 Å². The minimum atomic E-state index is -3.09. The van der Waals surface area contributed by atoms with Gasteiger partial charge in [0.1, 0.15) is 35.5 Å². The maximum absolute atomic E-state index is 13.4. The molecule has 10 nitrogen and oxygen atoms in total. The van der Waals surface area contributed by atoms with E-state index in [1.807, 2.05) is 62.4 Å². The van der Waals surface area contributed by atoms with E-state index in [1.54, 1.807) is 6.07 Å². The van der Waals surface area contributed by atoms with Gasteiger partial charge in [0.05, 0.1) is 5.56 Å². The number of nitriles is 1. The molecular formula is C42H39F2N5O5. The molecule has 8 rings (SSSR count). The van der Waals surface area contributed by atoms with Crippen LogP contribution in [0.2, 0.25) is 0 Å². The fraction of sp³-hybridized carbons (Fsp3) is 0.333. The van der Waals surface area contributed by atoms with Crippen molar-refractivity contribution in [2.24, 2.45) is 5.41 Å². The average molecular weight is 732 g/mol. The van der Waals surface area contributed by atoms with Crippen LogP contribution >= 0.6 is 0 Å². The van der Waals surface area contributed by atoms with Crippen LogP contribution in [0.5, 0.6) is 5.75 Å². The number of hydrogen-bond donors (Lipinski definition) is 1. The summed E-state index contributed by atoms with van der Waals surface area (Å²) in [4.78, 5) is 24.5. The highest BCUT2D eigenvalue weighted by Crippen LogP contribution is 2.39. The summed E-state index contributed by atoms with van der Waals surface area (Å²) in [7, 11) is 0. The lowest BCUT2D eigenvalue weighted by atomic mass is 9.84. The first-order valence-electron chi connectivity index (χ1n) is 18.0. The number of halogens is 2. The number of esters is 1. The summed E-state index contributed by atoms with van der Waals surface area (Å²) in [5.41, 5.74) is 9.02. The van der Waals surface area contributed by atoms with Gasteiger partial charge in [0.2, 0.25) is 11.8 Å². The monoisotopic (exact) mass is 731 g/mol. The zero-order valence-electron chi connectivity index (χ0n) is 30.5. The molecule has 2 aromatic heterocycles. The quantitative estimate of drug-likeness (QED) is 0.137. The number of carbonyl (C=O) groups excluding carboxylic acids is 1. The summed E-state index contributed by atoms with van der Waals surface area (Å²) in [5, 5.41) is 13.1. The minimum Gasteiger partial charge on any atom is -0.460 e. The lowest BCUT2D eigenvalue weighted by molar-refractivity contribution is -0.147. The van der Waals surface area contributed by atoms with E-state index in [1.165, 1.54) is 6.07 Å². The van der Waals surface area contributed by atoms with E-state index in [2.05, 4.69) is 30.1 Å². The van der Waals surface area contributed by atoms with Gasteiger partial charge < -0.3 is 23.6 Å². The summed E-state index contributed by atoms with van der Waals surface area (Å²) in [6, 6.07) is 20.4. The normalized spacial score (nSPS) is 16.9. The Kier molecular flexibility index (Phi) is 9.16. The van der Waals surface area contributed by atoms with E-state index >= 15 is 0 Å². The first-order valence-corrected chi connectivity index (χ1v) is 18.0. The molecule has 2 aliphatic rings. The number of aromatic nitrogens is 2. The molecule has 2 aliphatic heterocycles. The van der Waals surface area contributed by atoms with Crippen LogP contribution in [-0.4, -0.2) is 53.1 Å². The number of benzene rings is 4. The maximum atomic E-state index is 13.4. The fourth-order valence-electron chi connectivity index (χ4n) is 7.80. The Hall–Kier alpha value is -5.64. The van der Waals surface area contributed by atoms with Crippen LogP contribution in [-0.2, 0) is 22.7 Å². The van der Waals surface area contributed by atoms with Gasteiger partial charge in [-0.1, -0.05) is 38.1 Å². The second kappa shape index (κ2) is 14.0. The molecule has 0 bridgehead atoms. The molecule has 0 unspecified atom stereocenters. The Morgan fingerprint density at radius 2 is 1.65 bits per heavy atom. The maximum Gasteiger partial charge on any atom is 0.387 e.